The maximum absolute atomic E-state index is 12.2. The summed E-state index contributed by atoms with van der Waals surface area (Å²) in [4.78, 5) is 29.7. The van der Waals surface area contributed by atoms with Gasteiger partial charge in [0.05, 0.1) is 53.0 Å². The van der Waals surface area contributed by atoms with Crippen molar-refractivity contribution in [2.45, 2.75) is 0 Å². The van der Waals surface area contributed by atoms with Gasteiger partial charge in [0.1, 0.15) is 17.1 Å². The number of amides is 1. The molecule has 0 fully saturated rings. The Morgan fingerprint density at radius 3 is 2.69 bits per heavy atom. The molecule has 0 aliphatic carbocycles. The van der Waals surface area contributed by atoms with Crippen molar-refractivity contribution in [3.8, 4) is 17.6 Å². The second-order valence-corrected chi connectivity index (χ2v) is 9.32. The van der Waals surface area contributed by atoms with Crippen molar-refractivity contribution < 1.29 is 9.53 Å². The number of carbonyl (C=O) groups excluding carboxylic acids is 1. The lowest BCUT2D eigenvalue weighted by atomic mass is 10.2. The van der Waals surface area contributed by atoms with Crippen molar-refractivity contribution in [3.05, 3.63) is 66.1 Å². The summed E-state index contributed by atoms with van der Waals surface area (Å²) in [6.07, 6.45) is 4.29. The van der Waals surface area contributed by atoms with E-state index in [-0.39, 0.29) is 11.9 Å². The molecule has 2 aromatic carbocycles. The molecule has 200 valence electrons. The van der Waals surface area contributed by atoms with E-state index < -0.39 is 0 Å². The quantitative estimate of drug-likeness (QED) is 0.282. The molecule has 0 saturated heterocycles. The first-order chi connectivity index (χ1) is 18.7. The molecule has 0 radical (unpaired) electrons. The highest BCUT2D eigenvalue weighted by molar-refractivity contribution is 6.32. The van der Waals surface area contributed by atoms with E-state index in [4.69, 9.17) is 16.3 Å². The van der Waals surface area contributed by atoms with Crippen LogP contribution in [0, 0.1) is 11.3 Å². The third-order valence-electron chi connectivity index (χ3n) is 5.93. The van der Waals surface area contributed by atoms with Crippen molar-refractivity contribution in [2.75, 3.05) is 56.9 Å². The SMILES string of the molecule is C=CC(=O)Nc1cc(Nc2ncc(Cl)c(-n3cnc4cc(C#N)ccc43)n2)c(OC)cc1N(C)CCN(C)C. The fourth-order valence-electron chi connectivity index (χ4n) is 3.86. The van der Waals surface area contributed by atoms with Crippen LogP contribution in [0.15, 0.2) is 55.5 Å². The maximum atomic E-state index is 12.2. The zero-order chi connectivity index (χ0) is 28.1. The average molecular weight is 546 g/mol. The molecular weight excluding hydrogens is 518 g/mol. The highest BCUT2D eigenvalue weighted by Gasteiger charge is 2.18. The van der Waals surface area contributed by atoms with Crippen LogP contribution in [0.1, 0.15) is 5.56 Å². The first kappa shape index (κ1) is 27.4. The van der Waals surface area contributed by atoms with Gasteiger partial charge >= 0.3 is 0 Å². The maximum Gasteiger partial charge on any atom is 0.247 e. The van der Waals surface area contributed by atoms with Crippen molar-refractivity contribution in [3.63, 3.8) is 0 Å². The Labute approximate surface area is 231 Å². The number of hydrogen-bond acceptors (Lipinski definition) is 9. The molecule has 1 amide bonds. The summed E-state index contributed by atoms with van der Waals surface area (Å²) < 4.78 is 7.39. The highest BCUT2D eigenvalue weighted by atomic mass is 35.5. The lowest BCUT2D eigenvalue weighted by molar-refractivity contribution is -0.111. The van der Waals surface area contributed by atoms with Crippen molar-refractivity contribution in [1.29, 1.82) is 5.26 Å². The first-order valence-electron chi connectivity index (χ1n) is 11.9. The van der Waals surface area contributed by atoms with Gasteiger partial charge in [-0.15, -0.1) is 0 Å². The molecular formula is C27H28ClN9O2. The number of nitrogens with one attached hydrogen (secondary N) is 2. The number of likely N-dealkylation sites (N-methyl/N-ethyl adjacent to an activating group) is 2. The van der Waals surface area contributed by atoms with Crippen molar-refractivity contribution in [2.24, 2.45) is 0 Å². The van der Waals surface area contributed by atoms with Gasteiger partial charge in [-0.1, -0.05) is 18.2 Å². The Balaban J connectivity index is 1.73. The Morgan fingerprint density at radius 1 is 1.21 bits per heavy atom. The Kier molecular flexibility index (Phi) is 8.29. The zero-order valence-corrected chi connectivity index (χ0v) is 22.8. The van der Waals surface area contributed by atoms with Crippen LogP contribution in [-0.2, 0) is 4.79 Å². The number of benzene rings is 2. The number of anilines is 4. The third kappa shape index (κ3) is 6.09. The number of halogens is 1. The van der Waals surface area contributed by atoms with E-state index in [2.05, 4.69) is 43.1 Å². The van der Waals surface area contributed by atoms with E-state index in [1.54, 1.807) is 42.3 Å². The first-order valence-corrected chi connectivity index (χ1v) is 12.3. The zero-order valence-electron chi connectivity index (χ0n) is 22.1. The average Bonchev–Trinajstić information content (AvgIpc) is 3.35. The number of hydrogen-bond donors (Lipinski definition) is 2. The number of fused-ring (bicyclic) bond motifs is 1. The topological polar surface area (TPSA) is 124 Å². The smallest absolute Gasteiger partial charge is 0.247 e. The summed E-state index contributed by atoms with van der Waals surface area (Å²) >= 11 is 6.47. The third-order valence-corrected chi connectivity index (χ3v) is 6.20. The molecule has 11 nitrogen and oxygen atoms in total. The number of ether oxygens (including phenoxy) is 1. The van der Waals surface area contributed by atoms with E-state index in [9.17, 15) is 10.1 Å². The number of methoxy groups -OCH3 is 1. The van der Waals surface area contributed by atoms with Gasteiger partial charge in [0, 0.05) is 26.2 Å². The molecule has 4 rings (SSSR count). The van der Waals surface area contributed by atoms with Crippen LogP contribution in [0.3, 0.4) is 0 Å². The van der Waals surface area contributed by atoms with Gasteiger partial charge in [-0.05, 0) is 44.4 Å². The molecule has 0 aliphatic heterocycles. The monoisotopic (exact) mass is 545 g/mol. The number of rotatable bonds is 10. The van der Waals surface area contributed by atoms with Gasteiger partial charge in [0.25, 0.3) is 0 Å². The summed E-state index contributed by atoms with van der Waals surface area (Å²) in [5.74, 6) is 0.832. The van der Waals surface area contributed by atoms with E-state index in [0.717, 1.165) is 24.3 Å². The van der Waals surface area contributed by atoms with E-state index >= 15 is 0 Å². The highest BCUT2D eigenvalue weighted by Crippen LogP contribution is 2.38. The standard InChI is InChI=1S/C27H28ClN9O2/c1-6-25(38)32-20-12-21(24(39-5)13-23(20)36(4)10-9-35(2)3)33-27-30-15-18(28)26(34-27)37-16-31-19-11-17(14-29)7-8-22(19)37/h6-8,11-13,15-16H,1,9-10H2,2-5H3,(H,32,38)(H,30,33,34). The van der Waals surface area contributed by atoms with E-state index in [1.807, 2.05) is 32.1 Å². The Bertz CT molecular complexity index is 1580. The van der Waals surface area contributed by atoms with Gasteiger partial charge in [-0.3, -0.25) is 9.36 Å². The molecule has 0 bridgehead atoms. The van der Waals surface area contributed by atoms with Gasteiger partial charge in [0.15, 0.2) is 5.82 Å². The number of nitriles is 1. The van der Waals surface area contributed by atoms with Gasteiger partial charge < -0.3 is 25.2 Å². The Hall–Kier alpha value is -4.66. The van der Waals surface area contributed by atoms with Crippen LogP contribution in [-0.4, -0.2) is 71.7 Å². The summed E-state index contributed by atoms with van der Waals surface area (Å²) in [6, 6.07) is 10.9. The minimum Gasteiger partial charge on any atom is -0.494 e. The van der Waals surface area contributed by atoms with Gasteiger partial charge in [0.2, 0.25) is 11.9 Å². The molecule has 2 N–H and O–H groups in total. The predicted octanol–water partition coefficient (Wildman–Crippen LogP) is 4.22. The fraction of sp³-hybridized carbons (Fsp3) is 0.222. The van der Waals surface area contributed by atoms with Crippen molar-refractivity contribution in [1.82, 2.24) is 24.4 Å². The van der Waals surface area contributed by atoms with Crippen LogP contribution < -0.4 is 20.3 Å². The molecule has 2 heterocycles. The van der Waals surface area contributed by atoms with Crippen LogP contribution >= 0.6 is 11.6 Å². The summed E-state index contributed by atoms with van der Waals surface area (Å²) in [5.41, 5.74) is 3.74. The summed E-state index contributed by atoms with van der Waals surface area (Å²) in [5, 5.41) is 15.6. The largest absolute Gasteiger partial charge is 0.494 e. The second kappa shape index (κ2) is 11.8. The number of carbonyl (C=O) groups is 1. The minimum atomic E-state index is -0.343. The van der Waals surface area contributed by atoms with Gasteiger partial charge in [-0.2, -0.15) is 10.2 Å². The van der Waals surface area contributed by atoms with Crippen LogP contribution in [0.2, 0.25) is 5.02 Å². The van der Waals surface area contributed by atoms with Crippen LogP contribution in [0.5, 0.6) is 5.75 Å². The normalized spacial score (nSPS) is 10.8. The molecule has 12 heteroatoms. The van der Waals surface area contributed by atoms with Gasteiger partial charge in [-0.25, -0.2) is 9.97 Å². The minimum absolute atomic E-state index is 0.248. The molecule has 0 atom stereocenters. The van der Waals surface area contributed by atoms with Crippen molar-refractivity contribution >= 4 is 51.6 Å². The molecule has 2 aromatic heterocycles. The lowest BCUT2D eigenvalue weighted by Gasteiger charge is -2.26. The van der Waals surface area contributed by atoms with E-state index in [0.29, 0.717) is 39.0 Å². The van der Waals surface area contributed by atoms with E-state index in [1.165, 1.54) is 12.3 Å². The summed E-state index contributed by atoms with van der Waals surface area (Å²) in [7, 11) is 7.50. The summed E-state index contributed by atoms with van der Waals surface area (Å²) in [6.45, 7) is 5.10. The second-order valence-electron chi connectivity index (χ2n) is 8.91. The van der Waals surface area contributed by atoms with Crippen LogP contribution in [0.4, 0.5) is 23.0 Å². The molecule has 0 spiro atoms. The fourth-order valence-corrected chi connectivity index (χ4v) is 4.05. The number of nitrogens with zero attached hydrogens (tertiary/aromatic N) is 7. The number of aromatic nitrogens is 4. The molecule has 39 heavy (non-hydrogen) atoms. The van der Waals surface area contributed by atoms with Crippen LogP contribution in [0.25, 0.3) is 16.9 Å². The predicted molar refractivity (Wildman–Crippen MR) is 153 cm³/mol. The molecule has 0 unspecified atom stereocenters. The number of imidazole rings is 1. The molecule has 0 saturated carbocycles. The molecule has 0 aliphatic rings. The Morgan fingerprint density at radius 2 is 2.00 bits per heavy atom. The molecule has 4 aromatic rings. The lowest BCUT2D eigenvalue weighted by Crippen LogP contribution is -2.29.